The second kappa shape index (κ2) is 6.74. The van der Waals surface area contributed by atoms with E-state index in [1.54, 1.807) is 11.3 Å². The summed E-state index contributed by atoms with van der Waals surface area (Å²) in [5.41, 5.74) is 3.63. The maximum Gasteiger partial charge on any atom is 0.264 e. The highest BCUT2D eigenvalue weighted by Crippen LogP contribution is 2.31. The van der Waals surface area contributed by atoms with Gasteiger partial charge in [-0.05, 0) is 56.7 Å². The summed E-state index contributed by atoms with van der Waals surface area (Å²) in [6.07, 6.45) is 9.86. The summed E-state index contributed by atoms with van der Waals surface area (Å²) in [5, 5.41) is 3.46. The third-order valence-electron chi connectivity index (χ3n) is 5.82. The smallest absolute Gasteiger partial charge is 0.264 e. The molecule has 1 fully saturated rings. The summed E-state index contributed by atoms with van der Waals surface area (Å²) in [5.74, 6) is 1.10. The van der Waals surface area contributed by atoms with Gasteiger partial charge in [0.1, 0.15) is 5.82 Å². The number of aromatic nitrogens is 2. The molecular formula is C20H24N4OS. The van der Waals surface area contributed by atoms with E-state index in [1.807, 2.05) is 11.1 Å². The fourth-order valence-corrected chi connectivity index (χ4v) is 5.55. The van der Waals surface area contributed by atoms with E-state index in [0.29, 0.717) is 12.6 Å². The molecule has 1 N–H and O–H groups in total. The molecule has 0 radical (unpaired) electrons. The highest BCUT2D eigenvalue weighted by Gasteiger charge is 2.27. The SMILES string of the molecule is O=C(c1cc2c(s1)CCCC2)N1CCc2nc([C@H]3CCCN3)ncc2C1. The van der Waals surface area contributed by atoms with Crippen molar-refractivity contribution in [2.24, 2.45) is 0 Å². The number of aryl methyl sites for hydroxylation is 2. The Morgan fingerprint density at radius 3 is 2.96 bits per heavy atom. The molecule has 0 unspecified atom stereocenters. The van der Waals surface area contributed by atoms with Crippen LogP contribution < -0.4 is 5.32 Å². The number of nitrogens with zero attached hydrogens (tertiary/aromatic N) is 3. The summed E-state index contributed by atoms with van der Waals surface area (Å²) < 4.78 is 0. The number of carbonyl (C=O) groups excluding carboxylic acids is 1. The number of fused-ring (bicyclic) bond motifs is 2. The molecule has 136 valence electrons. The molecule has 0 saturated carbocycles. The molecular weight excluding hydrogens is 344 g/mol. The van der Waals surface area contributed by atoms with Gasteiger partial charge in [0.05, 0.1) is 16.6 Å². The number of rotatable bonds is 2. The summed E-state index contributed by atoms with van der Waals surface area (Å²) in [4.78, 5) is 26.7. The summed E-state index contributed by atoms with van der Waals surface area (Å²) >= 11 is 1.71. The fourth-order valence-electron chi connectivity index (χ4n) is 4.33. The number of hydrogen-bond donors (Lipinski definition) is 1. The third kappa shape index (κ3) is 2.95. The van der Waals surface area contributed by atoms with Crippen LogP contribution in [0.5, 0.6) is 0 Å². The molecule has 6 heteroatoms. The quantitative estimate of drug-likeness (QED) is 0.885. The molecule has 4 heterocycles. The molecule has 2 aromatic rings. The highest BCUT2D eigenvalue weighted by molar-refractivity contribution is 7.14. The Bertz CT molecular complexity index is 817. The van der Waals surface area contributed by atoms with Gasteiger partial charge in [0.15, 0.2) is 0 Å². The number of carbonyl (C=O) groups is 1. The summed E-state index contributed by atoms with van der Waals surface area (Å²) in [6, 6.07) is 2.44. The van der Waals surface area contributed by atoms with Crippen LogP contribution in [-0.4, -0.2) is 33.9 Å². The first-order valence-electron chi connectivity index (χ1n) is 9.77. The molecule has 3 aliphatic rings. The lowest BCUT2D eigenvalue weighted by Gasteiger charge is -2.28. The van der Waals surface area contributed by atoms with E-state index in [2.05, 4.69) is 16.4 Å². The molecule has 2 aliphatic heterocycles. The van der Waals surface area contributed by atoms with E-state index in [9.17, 15) is 4.79 Å². The van der Waals surface area contributed by atoms with Crippen LogP contribution in [0.4, 0.5) is 0 Å². The highest BCUT2D eigenvalue weighted by atomic mass is 32.1. The van der Waals surface area contributed by atoms with Crippen molar-refractivity contribution in [3.05, 3.63) is 44.7 Å². The molecule has 0 spiro atoms. The molecule has 0 aromatic carbocycles. The van der Waals surface area contributed by atoms with Crippen molar-refractivity contribution in [1.29, 1.82) is 0 Å². The van der Waals surface area contributed by atoms with Gasteiger partial charge in [-0.15, -0.1) is 11.3 Å². The molecule has 1 aliphatic carbocycles. The van der Waals surface area contributed by atoms with E-state index in [0.717, 1.165) is 60.7 Å². The Morgan fingerprint density at radius 1 is 1.19 bits per heavy atom. The predicted molar refractivity (Wildman–Crippen MR) is 101 cm³/mol. The number of amides is 1. The molecule has 26 heavy (non-hydrogen) atoms. The van der Waals surface area contributed by atoms with Crippen LogP contribution in [-0.2, 0) is 25.8 Å². The molecule has 1 amide bonds. The van der Waals surface area contributed by atoms with E-state index in [4.69, 9.17) is 4.98 Å². The van der Waals surface area contributed by atoms with Crippen molar-refractivity contribution in [3.8, 4) is 0 Å². The average Bonchev–Trinajstić information content (AvgIpc) is 3.36. The van der Waals surface area contributed by atoms with Gasteiger partial charge in [-0.2, -0.15) is 0 Å². The Balaban J connectivity index is 1.33. The van der Waals surface area contributed by atoms with Crippen LogP contribution in [0.15, 0.2) is 12.3 Å². The Labute approximate surface area is 157 Å². The summed E-state index contributed by atoms with van der Waals surface area (Å²) in [6.45, 7) is 2.44. The fraction of sp³-hybridized carbons (Fsp3) is 0.550. The lowest BCUT2D eigenvalue weighted by atomic mass is 9.99. The lowest BCUT2D eigenvalue weighted by Crippen LogP contribution is -2.36. The maximum atomic E-state index is 13.0. The van der Waals surface area contributed by atoms with Crippen molar-refractivity contribution < 1.29 is 4.79 Å². The van der Waals surface area contributed by atoms with E-state index >= 15 is 0 Å². The maximum absolute atomic E-state index is 13.0. The van der Waals surface area contributed by atoms with E-state index in [-0.39, 0.29) is 5.91 Å². The molecule has 0 bridgehead atoms. The van der Waals surface area contributed by atoms with Crippen LogP contribution >= 0.6 is 11.3 Å². The van der Waals surface area contributed by atoms with Gasteiger partial charge in [0.25, 0.3) is 5.91 Å². The molecule has 2 aromatic heterocycles. The monoisotopic (exact) mass is 368 g/mol. The van der Waals surface area contributed by atoms with Crippen LogP contribution in [0.25, 0.3) is 0 Å². The first kappa shape index (κ1) is 16.4. The van der Waals surface area contributed by atoms with Gasteiger partial charge in [0, 0.05) is 36.1 Å². The van der Waals surface area contributed by atoms with Gasteiger partial charge < -0.3 is 10.2 Å². The normalized spacial score (nSPS) is 22.2. The molecule has 5 rings (SSSR count). The molecule has 1 atom stereocenters. The van der Waals surface area contributed by atoms with Crippen molar-refractivity contribution in [2.75, 3.05) is 13.1 Å². The Kier molecular flexibility index (Phi) is 4.25. The minimum absolute atomic E-state index is 0.177. The van der Waals surface area contributed by atoms with Crippen molar-refractivity contribution in [3.63, 3.8) is 0 Å². The Hall–Kier alpha value is -1.79. The second-order valence-electron chi connectivity index (χ2n) is 7.59. The first-order chi connectivity index (χ1) is 12.8. The van der Waals surface area contributed by atoms with E-state index < -0.39 is 0 Å². The zero-order valence-corrected chi connectivity index (χ0v) is 15.8. The van der Waals surface area contributed by atoms with E-state index in [1.165, 1.54) is 29.7 Å². The Morgan fingerprint density at radius 2 is 2.12 bits per heavy atom. The lowest BCUT2D eigenvalue weighted by molar-refractivity contribution is 0.0738. The minimum Gasteiger partial charge on any atom is -0.333 e. The van der Waals surface area contributed by atoms with Gasteiger partial charge in [0.2, 0.25) is 0 Å². The largest absolute Gasteiger partial charge is 0.333 e. The zero-order valence-electron chi connectivity index (χ0n) is 15.0. The predicted octanol–water partition coefficient (Wildman–Crippen LogP) is 3.04. The minimum atomic E-state index is 0.177. The van der Waals surface area contributed by atoms with Gasteiger partial charge in [-0.25, -0.2) is 9.97 Å². The standard InChI is InChI=1S/C20H24N4OS/c25-20(18-10-13-4-1-2-6-17(13)26-18)24-9-7-15-14(12-24)11-22-19(23-15)16-5-3-8-21-16/h10-11,16,21H,1-9,12H2/t16-/m1/s1. The van der Waals surface area contributed by atoms with Gasteiger partial charge in [-0.3, -0.25) is 4.79 Å². The topological polar surface area (TPSA) is 58.1 Å². The number of nitrogens with one attached hydrogen (secondary N) is 1. The van der Waals surface area contributed by atoms with Crippen molar-refractivity contribution in [2.45, 2.75) is 57.5 Å². The van der Waals surface area contributed by atoms with Crippen LogP contribution in [0, 0.1) is 0 Å². The van der Waals surface area contributed by atoms with Gasteiger partial charge >= 0.3 is 0 Å². The second-order valence-corrected chi connectivity index (χ2v) is 8.73. The third-order valence-corrected chi connectivity index (χ3v) is 7.04. The molecule has 1 saturated heterocycles. The van der Waals surface area contributed by atoms with Crippen molar-refractivity contribution in [1.82, 2.24) is 20.2 Å². The zero-order chi connectivity index (χ0) is 17.5. The molecule has 5 nitrogen and oxygen atoms in total. The van der Waals surface area contributed by atoms with Crippen LogP contribution in [0.3, 0.4) is 0 Å². The summed E-state index contributed by atoms with van der Waals surface area (Å²) in [7, 11) is 0. The van der Waals surface area contributed by atoms with Crippen molar-refractivity contribution >= 4 is 17.2 Å². The first-order valence-corrected chi connectivity index (χ1v) is 10.6. The van der Waals surface area contributed by atoms with Crippen LogP contribution in [0.1, 0.15) is 68.9 Å². The number of thiophene rings is 1. The average molecular weight is 369 g/mol. The van der Waals surface area contributed by atoms with Crippen LogP contribution in [0.2, 0.25) is 0 Å². The van der Waals surface area contributed by atoms with Gasteiger partial charge in [-0.1, -0.05) is 0 Å². The number of hydrogen-bond acceptors (Lipinski definition) is 5.